The molecule has 1 aliphatic heterocycles. The van der Waals surface area contributed by atoms with Crippen molar-refractivity contribution in [2.75, 3.05) is 36.4 Å². The highest BCUT2D eigenvalue weighted by Gasteiger charge is 2.24. The summed E-state index contributed by atoms with van der Waals surface area (Å²) in [4.78, 5) is 43.1. The molecule has 0 radical (unpaired) electrons. The van der Waals surface area contributed by atoms with E-state index in [2.05, 4.69) is 10.2 Å². The summed E-state index contributed by atoms with van der Waals surface area (Å²) in [6.45, 7) is 2.55. The van der Waals surface area contributed by atoms with Gasteiger partial charge in [0.15, 0.2) is 0 Å². The second-order valence-corrected chi connectivity index (χ2v) is 10.8. The highest BCUT2D eigenvalue weighted by atomic mass is 35.5. The molecule has 2 aromatic heterocycles. The Bertz CT molecular complexity index is 1780. The van der Waals surface area contributed by atoms with Gasteiger partial charge in [-0.2, -0.15) is 0 Å². The fourth-order valence-corrected chi connectivity index (χ4v) is 5.83. The van der Waals surface area contributed by atoms with E-state index in [9.17, 15) is 14.4 Å². The standard InChI is InChI=1S/C31H24ClN3O4S/c32-25-19-23(10-11-26(25)34-12-14-35(15-13-34)30(37)28-9-4-16-40-28)33-29(36)22-7-3-6-20(17-22)24-18-21-5-1-2-8-27(21)39-31(24)38/h1-11,16-19H,12-15H2,(H,33,36). The number of hydrogen-bond acceptors (Lipinski definition) is 6. The van der Waals surface area contributed by atoms with Crippen LogP contribution in [0, 0.1) is 0 Å². The molecule has 0 saturated carbocycles. The van der Waals surface area contributed by atoms with E-state index in [0.717, 1.165) is 16.0 Å². The summed E-state index contributed by atoms with van der Waals surface area (Å²) in [6, 6.07) is 25.1. The van der Waals surface area contributed by atoms with Gasteiger partial charge in [0.05, 0.1) is 21.2 Å². The van der Waals surface area contributed by atoms with Gasteiger partial charge in [0, 0.05) is 42.8 Å². The largest absolute Gasteiger partial charge is 0.422 e. The number of amides is 2. The van der Waals surface area contributed by atoms with Crippen LogP contribution in [0.2, 0.25) is 5.02 Å². The van der Waals surface area contributed by atoms with Crippen molar-refractivity contribution in [1.82, 2.24) is 4.90 Å². The number of para-hydroxylation sites is 1. The summed E-state index contributed by atoms with van der Waals surface area (Å²) >= 11 is 8.08. The maximum absolute atomic E-state index is 13.1. The van der Waals surface area contributed by atoms with Gasteiger partial charge in [-0.3, -0.25) is 9.59 Å². The highest BCUT2D eigenvalue weighted by Crippen LogP contribution is 2.30. The molecule has 0 unspecified atom stereocenters. The third-order valence-electron chi connectivity index (χ3n) is 6.92. The number of carbonyl (C=O) groups excluding carboxylic acids is 2. The number of carbonyl (C=O) groups is 2. The number of hydrogen-bond donors (Lipinski definition) is 1. The normalized spacial score (nSPS) is 13.4. The summed E-state index contributed by atoms with van der Waals surface area (Å²) in [5, 5.41) is 6.12. The number of nitrogens with zero attached hydrogens (tertiary/aromatic N) is 2. The Morgan fingerprint density at radius 1 is 0.875 bits per heavy atom. The maximum atomic E-state index is 13.1. The van der Waals surface area contributed by atoms with Crippen molar-refractivity contribution >= 4 is 57.1 Å². The lowest BCUT2D eigenvalue weighted by atomic mass is 10.0. The quantitative estimate of drug-likeness (QED) is 0.248. The first-order valence-corrected chi connectivity index (χ1v) is 14.0. The molecule has 0 aliphatic carbocycles. The van der Waals surface area contributed by atoms with Crippen LogP contribution in [-0.2, 0) is 0 Å². The van der Waals surface area contributed by atoms with Gasteiger partial charge in [0.1, 0.15) is 5.58 Å². The molecule has 1 aliphatic rings. The summed E-state index contributed by atoms with van der Waals surface area (Å²) < 4.78 is 5.46. The zero-order chi connectivity index (χ0) is 27.6. The minimum atomic E-state index is -0.463. The first-order chi connectivity index (χ1) is 19.5. The van der Waals surface area contributed by atoms with Crippen molar-refractivity contribution in [1.29, 1.82) is 0 Å². The van der Waals surface area contributed by atoms with Gasteiger partial charge < -0.3 is 19.5 Å². The molecule has 200 valence electrons. The van der Waals surface area contributed by atoms with Crippen LogP contribution >= 0.6 is 22.9 Å². The average Bonchev–Trinajstić information content (AvgIpc) is 3.52. The monoisotopic (exact) mass is 569 g/mol. The van der Waals surface area contributed by atoms with Crippen molar-refractivity contribution in [3.8, 4) is 11.1 Å². The predicted octanol–water partition coefficient (Wildman–Crippen LogP) is 6.39. The molecule has 0 bridgehead atoms. The predicted molar refractivity (Wildman–Crippen MR) is 160 cm³/mol. The van der Waals surface area contributed by atoms with E-state index in [1.807, 2.05) is 52.7 Å². The molecule has 0 spiro atoms. The van der Waals surface area contributed by atoms with Crippen LogP contribution in [0.3, 0.4) is 0 Å². The van der Waals surface area contributed by atoms with E-state index in [1.54, 1.807) is 42.5 Å². The molecular weight excluding hydrogens is 546 g/mol. The van der Waals surface area contributed by atoms with Crippen LogP contribution in [0.1, 0.15) is 20.0 Å². The van der Waals surface area contributed by atoms with Crippen LogP contribution in [0.5, 0.6) is 0 Å². The van der Waals surface area contributed by atoms with E-state index in [1.165, 1.54) is 11.3 Å². The average molecular weight is 570 g/mol. The lowest BCUT2D eigenvalue weighted by Gasteiger charge is -2.36. The van der Waals surface area contributed by atoms with E-state index in [4.69, 9.17) is 16.0 Å². The minimum Gasteiger partial charge on any atom is -0.422 e. The number of piperazine rings is 1. The molecule has 2 amide bonds. The second-order valence-electron chi connectivity index (χ2n) is 9.44. The third kappa shape index (κ3) is 5.23. The summed E-state index contributed by atoms with van der Waals surface area (Å²) in [6.07, 6.45) is 0. The highest BCUT2D eigenvalue weighted by molar-refractivity contribution is 7.12. The van der Waals surface area contributed by atoms with Crippen LogP contribution in [0.15, 0.2) is 99.5 Å². The summed E-state index contributed by atoms with van der Waals surface area (Å²) in [5.41, 5.74) is 2.84. The van der Waals surface area contributed by atoms with Gasteiger partial charge in [0.25, 0.3) is 11.8 Å². The van der Waals surface area contributed by atoms with E-state index in [0.29, 0.717) is 59.2 Å². The van der Waals surface area contributed by atoms with Crippen molar-refractivity contribution in [2.24, 2.45) is 0 Å². The fourth-order valence-electron chi connectivity index (χ4n) is 4.84. The molecule has 5 aromatic rings. The molecule has 1 fully saturated rings. The van der Waals surface area contributed by atoms with Gasteiger partial charge in [-0.1, -0.05) is 48.0 Å². The number of fused-ring (bicyclic) bond motifs is 1. The van der Waals surface area contributed by atoms with Crippen molar-refractivity contribution < 1.29 is 14.0 Å². The van der Waals surface area contributed by atoms with Gasteiger partial charge in [-0.15, -0.1) is 11.3 Å². The lowest BCUT2D eigenvalue weighted by molar-refractivity contribution is 0.0751. The smallest absolute Gasteiger partial charge is 0.344 e. The first-order valence-electron chi connectivity index (χ1n) is 12.8. The minimum absolute atomic E-state index is 0.0596. The van der Waals surface area contributed by atoms with Crippen molar-refractivity contribution in [3.05, 3.63) is 116 Å². The van der Waals surface area contributed by atoms with E-state index in [-0.39, 0.29) is 11.8 Å². The molecule has 1 saturated heterocycles. The van der Waals surface area contributed by atoms with Gasteiger partial charge in [0.2, 0.25) is 0 Å². The number of rotatable bonds is 5. The Labute approximate surface area is 239 Å². The second kappa shape index (κ2) is 11.0. The zero-order valence-corrected chi connectivity index (χ0v) is 22.9. The number of anilines is 2. The van der Waals surface area contributed by atoms with Crippen LogP contribution in [0.4, 0.5) is 11.4 Å². The topological polar surface area (TPSA) is 82.9 Å². The Hall–Kier alpha value is -4.40. The SMILES string of the molecule is O=C(Nc1ccc(N2CCN(C(=O)c3cccs3)CC2)c(Cl)c1)c1cccc(-c2cc3ccccc3oc2=O)c1. The number of halogens is 1. The molecule has 1 N–H and O–H groups in total. The molecule has 3 aromatic carbocycles. The first kappa shape index (κ1) is 25.9. The van der Waals surface area contributed by atoms with Gasteiger partial charge >= 0.3 is 5.63 Å². The van der Waals surface area contributed by atoms with Crippen LogP contribution in [0.25, 0.3) is 22.1 Å². The molecule has 0 atom stereocenters. The third-order valence-corrected chi connectivity index (χ3v) is 8.08. The fraction of sp³-hybridized carbons (Fsp3) is 0.129. The number of nitrogens with one attached hydrogen (secondary N) is 1. The van der Waals surface area contributed by atoms with Crippen molar-refractivity contribution in [2.45, 2.75) is 0 Å². The van der Waals surface area contributed by atoms with Crippen LogP contribution < -0.4 is 15.8 Å². The maximum Gasteiger partial charge on any atom is 0.344 e. The Morgan fingerprint density at radius 2 is 1.70 bits per heavy atom. The Kier molecular flexibility index (Phi) is 7.11. The molecule has 3 heterocycles. The van der Waals surface area contributed by atoms with E-state index >= 15 is 0 Å². The number of thiophene rings is 1. The van der Waals surface area contributed by atoms with Gasteiger partial charge in [-0.05, 0) is 59.5 Å². The number of benzene rings is 3. The molecule has 7 nitrogen and oxygen atoms in total. The van der Waals surface area contributed by atoms with Gasteiger partial charge in [-0.25, -0.2) is 4.79 Å². The van der Waals surface area contributed by atoms with Crippen LogP contribution in [-0.4, -0.2) is 42.9 Å². The zero-order valence-electron chi connectivity index (χ0n) is 21.3. The molecular formula is C31H24ClN3O4S. The lowest BCUT2D eigenvalue weighted by Crippen LogP contribution is -2.48. The molecule has 6 rings (SSSR count). The Balaban J connectivity index is 1.14. The summed E-state index contributed by atoms with van der Waals surface area (Å²) in [5.74, 6) is -0.263. The van der Waals surface area contributed by atoms with Crippen molar-refractivity contribution in [3.63, 3.8) is 0 Å². The summed E-state index contributed by atoms with van der Waals surface area (Å²) in [7, 11) is 0. The molecule has 9 heteroatoms. The Morgan fingerprint density at radius 3 is 2.48 bits per heavy atom. The van der Waals surface area contributed by atoms with E-state index < -0.39 is 5.63 Å². The molecule has 40 heavy (non-hydrogen) atoms.